The number of hydrogen-bond donors (Lipinski definition) is 0. The van der Waals surface area contributed by atoms with E-state index in [1.807, 2.05) is 6.92 Å². The molecule has 0 fully saturated rings. The van der Waals surface area contributed by atoms with Crippen LogP contribution in [-0.2, 0) is 24.1 Å². The Morgan fingerprint density at radius 1 is 1.21 bits per heavy atom. The minimum absolute atomic E-state index is 0.0271. The molecule has 1 aromatic carbocycles. The van der Waals surface area contributed by atoms with Crippen molar-refractivity contribution in [2.24, 2.45) is 0 Å². The highest BCUT2D eigenvalue weighted by Gasteiger charge is 2.19. The van der Waals surface area contributed by atoms with Crippen molar-refractivity contribution in [3.8, 4) is 5.75 Å². The van der Waals surface area contributed by atoms with Crippen molar-refractivity contribution >= 4 is 16.9 Å². The lowest BCUT2D eigenvalue weighted by molar-refractivity contribution is -0.130. The molecule has 0 unspecified atom stereocenters. The zero-order chi connectivity index (χ0) is 17.3. The second-order valence-corrected chi connectivity index (χ2v) is 6.44. The number of benzene rings is 1. The Morgan fingerprint density at radius 2 is 1.92 bits per heavy atom. The third-order valence-electron chi connectivity index (χ3n) is 4.64. The number of carbonyl (C=O) groups excluding carboxylic acids is 1. The van der Waals surface area contributed by atoms with Crippen LogP contribution in [0.1, 0.15) is 36.5 Å². The fourth-order valence-corrected chi connectivity index (χ4v) is 3.19. The zero-order valence-corrected chi connectivity index (χ0v) is 14.5. The summed E-state index contributed by atoms with van der Waals surface area (Å²) in [6.45, 7) is 2.02. The van der Waals surface area contributed by atoms with Crippen LogP contribution >= 0.6 is 0 Å². The summed E-state index contributed by atoms with van der Waals surface area (Å²) >= 11 is 0. The van der Waals surface area contributed by atoms with Gasteiger partial charge in [0.15, 0.2) is 6.61 Å². The second-order valence-electron chi connectivity index (χ2n) is 6.44. The molecule has 0 aliphatic heterocycles. The molecule has 2 aromatic rings. The average Bonchev–Trinajstić information content (AvgIpc) is 2.59. The summed E-state index contributed by atoms with van der Waals surface area (Å²) in [5.74, 6) is 0.503. The summed E-state index contributed by atoms with van der Waals surface area (Å²) in [5, 5.41) is 1.01. The standard InChI is InChI=1S/C19H23NO4/c1-4-12-9-15-13-7-5-6-8-14(13)19(22)24-17(15)10-16(12)23-11-18(21)20(2)3/h9-10H,4-8,11H2,1-3H3. The second kappa shape index (κ2) is 6.67. The van der Waals surface area contributed by atoms with Crippen LogP contribution in [-0.4, -0.2) is 31.5 Å². The molecule has 1 heterocycles. The van der Waals surface area contributed by atoms with Crippen molar-refractivity contribution < 1.29 is 13.9 Å². The Kier molecular flexibility index (Phi) is 4.60. The van der Waals surface area contributed by atoms with E-state index in [9.17, 15) is 9.59 Å². The number of nitrogens with zero attached hydrogens (tertiary/aromatic N) is 1. The van der Waals surface area contributed by atoms with Gasteiger partial charge in [-0.3, -0.25) is 4.79 Å². The first-order chi connectivity index (χ1) is 11.5. The maximum atomic E-state index is 12.2. The van der Waals surface area contributed by atoms with Gasteiger partial charge < -0.3 is 14.1 Å². The first-order valence-corrected chi connectivity index (χ1v) is 8.45. The van der Waals surface area contributed by atoms with E-state index in [2.05, 4.69) is 6.07 Å². The highest BCUT2D eigenvalue weighted by molar-refractivity contribution is 5.84. The molecule has 0 spiro atoms. The summed E-state index contributed by atoms with van der Waals surface area (Å²) in [6, 6.07) is 3.81. The molecule has 3 rings (SSSR count). The molecule has 0 saturated carbocycles. The monoisotopic (exact) mass is 329 g/mol. The van der Waals surface area contributed by atoms with Crippen LogP contribution in [0.15, 0.2) is 21.3 Å². The first-order valence-electron chi connectivity index (χ1n) is 8.45. The van der Waals surface area contributed by atoms with Crippen molar-refractivity contribution in [3.05, 3.63) is 39.2 Å². The van der Waals surface area contributed by atoms with Crippen LogP contribution in [0.2, 0.25) is 0 Å². The molecule has 1 aliphatic rings. The summed E-state index contributed by atoms with van der Waals surface area (Å²) in [6.07, 6.45) is 4.64. The van der Waals surface area contributed by atoms with Crippen molar-refractivity contribution in [2.75, 3.05) is 20.7 Å². The Bertz CT molecular complexity index is 835. The van der Waals surface area contributed by atoms with E-state index in [0.717, 1.165) is 54.2 Å². The van der Waals surface area contributed by atoms with Crippen LogP contribution in [0.25, 0.3) is 11.0 Å². The summed E-state index contributed by atoms with van der Waals surface area (Å²) in [4.78, 5) is 25.5. The van der Waals surface area contributed by atoms with Gasteiger partial charge in [-0.25, -0.2) is 4.79 Å². The van der Waals surface area contributed by atoms with Crippen molar-refractivity contribution in [1.29, 1.82) is 0 Å². The van der Waals surface area contributed by atoms with Crippen LogP contribution < -0.4 is 10.4 Å². The van der Waals surface area contributed by atoms with Gasteiger partial charge in [-0.15, -0.1) is 0 Å². The lowest BCUT2D eigenvalue weighted by atomic mass is 9.90. The van der Waals surface area contributed by atoms with Gasteiger partial charge in [0.2, 0.25) is 0 Å². The molecule has 5 nitrogen and oxygen atoms in total. The van der Waals surface area contributed by atoms with Crippen molar-refractivity contribution in [3.63, 3.8) is 0 Å². The lowest BCUT2D eigenvalue weighted by Gasteiger charge is -2.18. The molecule has 1 aromatic heterocycles. The third-order valence-corrected chi connectivity index (χ3v) is 4.64. The minimum atomic E-state index is -0.239. The van der Waals surface area contributed by atoms with E-state index in [4.69, 9.17) is 9.15 Å². The molecule has 0 atom stereocenters. The minimum Gasteiger partial charge on any atom is -0.483 e. The fraction of sp³-hybridized carbons (Fsp3) is 0.474. The Labute approximate surface area is 141 Å². The molecular weight excluding hydrogens is 306 g/mol. The average molecular weight is 329 g/mol. The topological polar surface area (TPSA) is 59.8 Å². The molecule has 1 amide bonds. The van der Waals surface area contributed by atoms with E-state index in [1.54, 1.807) is 20.2 Å². The van der Waals surface area contributed by atoms with Crippen molar-refractivity contribution in [2.45, 2.75) is 39.0 Å². The highest BCUT2D eigenvalue weighted by Crippen LogP contribution is 2.32. The van der Waals surface area contributed by atoms with Crippen LogP contribution in [0.3, 0.4) is 0 Å². The van der Waals surface area contributed by atoms with E-state index in [0.29, 0.717) is 11.3 Å². The molecule has 0 saturated heterocycles. The molecule has 0 bridgehead atoms. The third kappa shape index (κ3) is 3.03. The normalized spacial score (nSPS) is 13.6. The predicted molar refractivity (Wildman–Crippen MR) is 92.7 cm³/mol. The molecule has 24 heavy (non-hydrogen) atoms. The van der Waals surface area contributed by atoms with E-state index in [-0.39, 0.29) is 18.1 Å². The number of amides is 1. The predicted octanol–water partition coefficient (Wildman–Crippen LogP) is 2.70. The van der Waals surface area contributed by atoms with E-state index in [1.165, 1.54) is 4.90 Å². The summed E-state index contributed by atoms with van der Waals surface area (Å²) < 4.78 is 11.2. The van der Waals surface area contributed by atoms with Gasteiger partial charge in [-0.1, -0.05) is 6.92 Å². The number of carbonyl (C=O) groups is 1. The number of fused-ring (bicyclic) bond motifs is 3. The number of likely N-dealkylation sites (N-methyl/N-ethyl adjacent to an activating group) is 1. The summed E-state index contributed by atoms with van der Waals surface area (Å²) in [7, 11) is 3.39. The Balaban J connectivity index is 2.05. The van der Waals surface area contributed by atoms with Crippen molar-refractivity contribution in [1.82, 2.24) is 4.90 Å². The first kappa shape index (κ1) is 16.6. The summed E-state index contributed by atoms with van der Waals surface area (Å²) in [5.41, 5.74) is 3.28. The molecule has 128 valence electrons. The largest absolute Gasteiger partial charge is 0.483 e. The van der Waals surface area contributed by atoms with Gasteiger partial charge in [0.25, 0.3) is 5.91 Å². The molecular formula is C19H23NO4. The van der Waals surface area contributed by atoms with Gasteiger partial charge in [-0.2, -0.15) is 0 Å². The fourth-order valence-electron chi connectivity index (χ4n) is 3.19. The Morgan fingerprint density at radius 3 is 2.58 bits per heavy atom. The number of aryl methyl sites for hydroxylation is 2. The number of hydrogen-bond acceptors (Lipinski definition) is 4. The Hall–Kier alpha value is -2.30. The van der Waals surface area contributed by atoms with E-state index < -0.39 is 0 Å². The van der Waals surface area contributed by atoms with Crippen LogP contribution in [0.4, 0.5) is 0 Å². The smallest absolute Gasteiger partial charge is 0.339 e. The highest BCUT2D eigenvalue weighted by atomic mass is 16.5. The molecule has 5 heteroatoms. The molecule has 1 aliphatic carbocycles. The van der Waals surface area contributed by atoms with Gasteiger partial charge >= 0.3 is 5.63 Å². The quantitative estimate of drug-likeness (QED) is 0.809. The zero-order valence-electron chi connectivity index (χ0n) is 14.5. The maximum Gasteiger partial charge on any atom is 0.339 e. The SMILES string of the molecule is CCc1cc2c3c(c(=O)oc2cc1OCC(=O)N(C)C)CCCC3. The molecule has 0 N–H and O–H groups in total. The van der Waals surface area contributed by atoms with Crippen LogP contribution in [0, 0.1) is 0 Å². The van der Waals surface area contributed by atoms with Gasteiger partial charge in [-0.05, 0) is 49.3 Å². The van der Waals surface area contributed by atoms with E-state index >= 15 is 0 Å². The lowest BCUT2D eigenvalue weighted by Crippen LogP contribution is -2.27. The van der Waals surface area contributed by atoms with Gasteiger partial charge in [0.05, 0.1) is 0 Å². The van der Waals surface area contributed by atoms with Gasteiger partial charge in [0, 0.05) is 31.1 Å². The molecule has 0 radical (unpaired) electrons. The van der Waals surface area contributed by atoms with Gasteiger partial charge in [0.1, 0.15) is 11.3 Å². The number of rotatable bonds is 4. The van der Waals surface area contributed by atoms with Crippen LogP contribution in [0.5, 0.6) is 5.75 Å². The maximum absolute atomic E-state index is 12.2. The number of ether oxygens (including phenoxy) is 1.